The average Bonchev–Trinajstić information content (AvgIpc) is 2.15. The largest absolute Gasteiger partial charge is 0.417 e. The highest BCUT2D eigenvalue weighted by atomic mass is 19.4. The van der Waals surface area contributed by atoms with Gasteiger partial charge in [-0.3, -0.25) is 4.79 Å². The van der Waals surface area contributed by atoms with E-state index in [1.165, 1.54) is 0 Å². The Balaban J connectivity index is 3.63. The zero-order chi connectivity index (χ0) is 12.5. The van der Waals surface area contributed by atoms with Crippen LogP contribution in [0.25, 0.3) is 0 Å². The number of hydrogen-bond donors (Lipinski definition) is 2. The van der Waals surface area contributed by atoms with Crippen LogP contribution < -0.4 is 5.56 Å². The van der Waals surface area contributed by atoms with E-state index in [9.17, 15) is 26.7 Å². The Morgan fingerprint density at radius 3 is 2.31 bits per heavy atom. The molecule has 0 fully saturated rings. The third-order valence-corrected chi connectivity index (χ3v) is 1.88. The molecule has 0 unspecified atom stereocenters. The summed E-state index contributed by atoms with van der Waals surface area (Å²) in [5, 5.41) is 8.61. The Bertz CT molecular complexity index is 437. The third kappa shape index (κ3) is 2.21. The standard InChI is InChI=1S/C8H6F5NO2/c9-6(10)4-5(8(11,12)13)3(2-15)1-14-7(4)16/h1,6,15H,2H2,(H,14,16). The van der Waals surface area contributed by atoms with Gasteiger partial charge >= 0.3 is 6.18 Å². The third-order valence-electron chi connectivity index (χ3n) is 1.88. The molecule has 0 atom stereocenters. The van der Waals surface area contributed by atoms with Gasteiger partial charge in [-0.1, -0.05) is 0 Å². The van der Waals surface area contributed by atoms with Gasteiger partial charge in [-0.25, -0.2) is 8.78 Å². The number of halogens is 5. The number of alkyl halides is 5. The lowest BCUT2D eigenvalue weighted by Gasteiger charge is -2.14. The molecule has 0 aliphatic rings. The molecular weight excluding hydrogens is 237 g/mol. The molecule has 8 heteroatoms. The topological polar surface area (TPSA) is 53.1 Å². The molecule has 0 aromatic carbocycles. The van der Waals surface area contributed by atoms with Gasteiger partial charge in [0.15, 0.2) is 0 Å². The minimum atomic E-state index is -5.11. The van der Waals surface area contributed by atoms with Crippen molar-refractivity contribution in [2.45, 2.75) is 19.2 Å². The van der Waals surface area contributed by atoms with Crippen molar-refractivity contribution in [1.82, 2.24) is 4.98 Å². The number of aromatic nitrogens is 1. The zero-order valence-corrected chi connectivity index (χ0v) is 7.61. The molecule has 0 spiro atoms. The van der Waals surface area contributed by atoms with E-state index in [2.05, 4.69) is 0 Å². The van der Waals surface area contributed by atoms with E-state index in [1.54, 1.807) is 4.98 Å². The number of aliphatic hydroxyl groups excluding tert-OH is 1. The molecule has 1 heterocycles. The van der Waals surface area contributed by atoms with Crippen molar-refractivity contribution in [3.05, 3.63) is 33.2 Å². The van der Waals surface area contributed by atoms with Crippen molar-refractivity contribution in [2.24, 2.45) is 0 Å². The second-order valence-electron chi connectivity index (χ2n) is 2.89. The van der Waals surface area contributed by atoms with Crippen LogP contribution >= 0.6 is 0 Å². The van der Waals surface area contributed by atoms with Gasteiger partial charge in [-0.2, -0.15) is 13.2 Å². The fraction of sp³-hybridized carbons (Fsp3) is 0.375. The average molecular weight is 243 g/mol. The molecule has 0 aliphatic carbocycles. The first kappa shape index (κ1) is 12.6. The Labute approximate surface area is 85.5 Å². The SMILES string of the molecule is O=c1[nH]cc(CO)c(C(F)(F)F)c1C(F)F. The fourth-order valence-corrected chi connectivity index (χ4v) is 1.26. The minimum Gasteiger partial charge on any atom is -0.392 e. The van der Waals surface area contributed by atoms with E-state index >= 15 is 0 Å². The maximum atomic E-state index is 12.4. The summed E-state index contributed by atoms with van der Waals surface area (Å²) in [6, 6.07) is 0. The predicted octanol–water partition coefficient (Wildman–Crippen LogP) is 1.82. The van der Waals surface area contributed by atoms with E-state index < -0.39 is 41.5 Å². The van der Waals surface area contributed by atoms with Crippen LogP contribution in [-0.2, 0) is 12.8 Å². The monoisotopic (exact) mass is 243 g/mol. The van der Waals surface area contributed by atoms with E-state index in [-0.39, 0.29) is 0 Å². The Morgan fingerprint density at radius 1 is 1.38 bits per heavy atom. The summed E-state index contributed by atoms with van der Waals surface area (Å²) in [7, 11) is 0. The van der Waals surface area contributed by atoms with Crippen LogP contribution in [0.3, 0.4) is 0 Å². The molecule has 1 aromatic rings. The van der Waals surface area contributed by atoms with Gasteiger partial charge < -0.3 is 10.1 Å². The predicted molar refractivity (Wildman–Crippen MR) is 42.9 cm³/mol. The normalized spacial score (nSPS) is 12.2. The quantitative estimate of drug-likeness (QED) is 0.778. The van der Waals surface area contributed by atoms with Crippen LogP contribution in [0.5, 0.6) is 0 Å². The molecule has 3 nitrogen and oxygen atoms in total. The lowest BCUT2D eigenvalue weighted by atomic mass is 10.0. The van der Waals surface area contributed by atoms with Crippen molar-refractivity contribution in [3.8, 4) is 0 Å². The first-order chi connectivity index (χ1) is 7.29. The molecule has 90 valence electrons. The summed E-state index contributed by atoms with van der Waals surface area (Å²) >= 11 is 0. The summed E-state index contributed by atoms with van der Waals surface area (Å²) in [6.07, 6.45) is -8.11. The second kappa shape index (κ2) is 4.20. The molecule has 2 N–H and O–H groups in total. The highest BCUT2D eigenvalue weighted by molar-refractivity contribution is 5.35. The summed E-state index contributed by atoms with van der Waals surface area (Å²) < 4.78 is 62.0. The van der Waals surface area contributed by atoms with E-state index in [1.807, 2.05) is 0 Å². The van der Waals surface area contributed by atoms with E-state index in [4.69, 9.17) is 5.11 Å². The van der Waals surface area contributed by atoms with E-state index in [0.717, 1.165) is 0 Å². The van der Waals surface area contributed by atoms with Crippen molar-refractivity contribution >= 4 is 0 Å². The summed E-state index contributed by atoms with van der Waals surface area (Å²) in [6.45, 7) is -1.09. The number of aliphatic hydroxyl groups is 1. The molecule has 0 saturated carbocycles. The molecule has 1 aromatic heterocycles. The van der Waals surface area contributed by atoms with Crippen LogP contribution in [-0.4, -0.2) is 10.1 Å². The van der Waals surface area contributed by atoms with Gasteiger partial charge in [0.25, 0.3) is 12.0 Å². The molecule has 0 bridgehead atoms. The smallest absolute Gasteiger partial charge is 0.392 e. The van der Waals surface area contributed by atoms with Gasteiger partial charge in [-0.05, 0) is 0 Å². The zero-order valence-electron chi connectivity index (χ0n) is 7.61. The van der Waals surface area contributed by atoms with Crippen LogP contribution in [0.1, 0.15) is 23.1 Å². The maximum Gasteiger partial charge on any atom is 0.417 e. The summed E-state index contributed by atoms with van der Waals surface area (Å²) in [5.74, 6) is 0. The first-order valence-electron chi connectivity index (χ1n) is 3.99. The highest BCUT2D eigenvalue weighted by Crippen LogP contribution is 2.36. The lowest BCUT2D eigenvalue weighted by molar-refractivity contribution is -0.140. The summed E-state index contributed by atoms with van der Waals surface area (Å²) in [4.78, 5) is 12.6. The Hall–Kier alpha value is -1.44. The number of nitrogens with one attached hydrogen (secondary N) is 1. The number of rotatable bonds is 2. The summed E-state index contributed by atoms with van der Waals surface area (Å²) in [5.41, 5.74) is -5.74. The number of pyridine rings is 1. The van der Waals surface area contributed by atoms with Gasteiger partial charge in [0.05, 0.1) is 17.7 Å². The molecular formula is C8H6F5NO2. The van der Waals surface area contributed by atoms with Gasteiger partial charge in [-0.15, -0.1) is 0 Å². The van der Waals surface area contributed by atoms with Crippen molar-refractivity contribution in [1.29, 1.82) is 0 Å². The molecule has 0 aliphatic heterocycles. The van der Waals surface area contributed by atoms with Crippen LogP contribution in [0.15, 0.2) is 11.0 Å². The number of aromatic amines is 1. The van der Waals surface area contributed by atoms with Crippen LogP contribution in [0, 0.1) is 0 Å². The van der Waals surface area contributed by atoms with Crippen molar-refractivity contribution < 1.29 is 27.1 Å². The number of hydrogen-bond acceptors (Lipinski definition) is 2. The molecule has 16 heavy (non-hydrogen) atoms. The molecule has 0 saturated heterocycles. The Morgan fingerprint density at radius 2 is 1.94 bits per heavy atom. The van der Waals surface area contributed by atoms with Crippen molar-refractivity contribution in [2.75, 3.05) is 0 Å². The van der Waals surface area contributed by atoms with Gasteiger partial charge in [0.2, 0.25) is 0 Å². The fourth-order valence-electron chi connectivity index (χ4n) is 1.26. The first-order valence-corrected chi connectivity index (χ1v) is 3.99. The number of H-pyrrole nitrogens is 1. The molecule has 0 radical (unpaired) electrons. The van der Waals surface area contributed by atoms with Crippen LogP contribution in [0.2, 0.25) is 0 Å². The molecule has 1 rings (SSSR count). The van der Waals surface area contributed by atoms with Crippen molar-refractivity contribution in [3.63, 3.8) is 0 Å². The van der Waals surface area contributed by atoms with Crippen LogP contribution in [0.4, 0.5) is 22.0 Å². The van der Waals surface area contributed by atoms with E-state index in [0.29, 0.717) is 6.20 Å². The minimum absolute atomic E-state index is 0.567. The molecule has 0 amide bonds. The second-order valence-corrected chi connectivity index (χ2v) is 2.89. The maximum absolute atomic E-state index is 12.4. The Kier molecular flexibility index (Phi) is 3.32. The highest BCUT2D eigenvalue weighted by Gasteiger charge is 2.39. The van der Waals surface area contributed by atoms with Gasteiger partial charge in [0.1, 0.15) is 0 Å². The lowest BCUT2D eigenvalue weighted by Crippen LogP contribution is -2.23. The van der Waals surface area contributed by atoms with Gasteiger partial charge in [0, 0.05) is 11.8 Å².